The number of ether oxygens (including phenoxy) is 1. The minimum atomic E-state index is -0.0857. The Morgan fingerprint density at radius 3 is 2.21 bits per heavy atom. The molecule has 2 aromatic heterocycles. The molecule has 0 amide bonds. The molecule has 0 aliphatic carbocycles. The van der Waals surface area contributed by atoms with Gasteiger partial charge in [0.2, 0.25) is 0 Å². The van der Waals surface area contributed by atoms with Crippen LogP contribution >= 0.6 is 0 Å². The van der Waals surface area contributed by atoms with Crippen LogP contribution in [-0.2, 0) is 10.8 Å². The third-order valence-electron chi connectivity index (χ3n) is 5.41. The van der Waals surface area contributed by atoms with E-state index in [0.29, 0.717) is 12.3 Å². The molecule has 29 heavy (non-hydrogen) atoms. The summed E-state index contributed by atoms with van der Waals surface area (Å²) in [7, 11) is 0. The molecule has 0 unspecified atom stereocenters. The molecule has 0 aliphatic heterocycles. The van der Waals surface area contributed by atoms with E-state index < -0.39 is 0 Å². The highest BCUT2D eigenvalue weighted by Gasteiger charge is 2.28. The Kier molecular flexibility index (Phi) is 5.38. The first-order valence-electron chi connectivity index (χ1n) is 10.4. The van der Waals surface area contributed by atoms with Gasteiger partial charge in [0.15, 0.2) is 6.29 Å². The van der Waals surface area contributed by atoms with E-state index in [1.165, 1.54) is 11.1 Å². The number of rotatable bonds is 4. The lowest BCUT2D eigenvalue weighted by Crippen LogP contribution is -2.18. The molecule has 0 radical (unpaired) electrons. The number of aromatic nitrogens is 1. The summed E-state index contributed by atoms with van der Waals surface area (Å²) in [6, 6.07) is 10.7. The zero-order valence-electron chi connectivity index (χ0n) is 19.0. The minimum Gasteiger partial charge on any atom is -0.493 e. The number of nitrogens with zero attached hydrogens (tertiary/aromatic N) is 1. The summed E-state index contributed by atoms with van der Waals surface area (Å²) in [6.45, 7) is 17.9. The van der Waals surface area contributed by atoms with Crippen molar-refractivity contribution < 1.29 is 9.53 Å². The number of fused-ring (bicyclic) bond motifs is 1. The van der Waals surface area contributed by atoms with Crippen LogP contribution < -0.4 is 4.74 Å². The molecule has 0 fully saturated rings. The summed E-state index contributed by atoms with van der Waals surface area (Å²) < 4.78 is 8.19. The first-order chi connectivity index (χ1) is 13.5. The Balaban J connectivity index is 2.45. The van der Waals surface area contributed by atoms with Gasteiger partial charge >= 0.3 is 0 Å². The summed E-state index contributed by atoms with van der Waals surface area (Å²) >= 11 is 0. The van der Waals surface area contributed by atoms with Crippen molar-refractivity contribution in [2.24, 2.45) is 0 Å². The predicted octanol–water partition coefficient (Wildman–Crippen LogP) is 6.72. The van der Waals surface area contributed by atoms with Crippen LogP contribution in [0.4, 0.5) is 0 Å². The number of pyridine rings is 1. The number of aldehydes is 1. The van der Waals surface area contributed by atoms with Gasteiger partial charge in [-0.2, -0.15) is 0 Å². The highest BCUT2D eigenvalue weighted by atomic mass is 16.5. The molecule has 0 spiro atoms. The van der Waals surface area contributed by atoms with Crippen LogP contribution in [0.5, 0.6) is 5.75 Å². The lowest BCUT2D eigenvalue weighted by molar-refractivity contribution is 0.111. The van der Waals surface area contributed by atoms with Crippen molar-refractivity contribution in [2.45, 2.75) is 66.2 Å². The van der Waals surface area contributed by atoms with Gasteiger partial charge in [-0.05, 0) is 54.0 Å². The summed E-state index contributed by atoms with van der Waals surface area (Å²) in [4.78, 5) is 12.2. The molecular formula is C26H33NO2. The van der Waals surface area contributed by atoms with E-state index in [1.54, 1.807) is 0 Å². The van der Waals surface area contributed by atoms with Gasteiger partial charge in [0.05, 0.1) is 12.3 Å². The summed E-state index contributed by atoms with van der Waals surface area (Å²) in [5.41, 5.74) is 7.01. The highest BCUT2D eigenvalue weighted by Crippen LogP contribution is 2.44. The molecule has 3 heteroatoms. The van der Waals surface area contributed by atoms with Crippen LogP contribution in [0.2, 0.25) is 0 Å². The van der Waals surface area contributed by atoms with Gasteiger partial charge in [-0.1, -0.05) is 53.7 Å². The maximum absolute atomic E-state index is 12.2. The Labute approximate surface area is 174 Å². The van der Waals surface area contributed by atoms with Crippen LogP contribution in [0.15, 0.2) is 36.5 Å². The first-order valence-corrected chi connectivity index (χ1v) is 10.4. The summed E-state index contributed by atoms with van der Waals surface area (Å²) in [5, 5.41) is 0. The van der Waals surface area contributed by atoms with Gasteiger partial charge in [0.25, 0.3) is 0 Å². The fourth-order valence-corrected chi connectivity index (χ4v) is 3.75. The third kappa shape index (κ3) is 3.96. The van der Waals surface area contributed by atoms with Crippen LogP contribution in [0.25, 0.3) is 16.6 Å². The molecule has 0 bridgehead atoms. The Morgan fingerprint density at radius 2 is 1.66 bits per heavy atom. The smallest absolute Gasteiger partial charge is 0.167 e. The molecule has 154 valence electrons. The Morgan fingerprint density at radius 1 is 0.966 bits per heavy atom. The SMILES string of the molecule is CCOc1c(-c2cc3ccc(C)cn3c2C=O)cc(C(C)(C)C)cc1C(C)(C)C. The van der Waals surface area contributed by atoms with Gasteiger partial charge in [-0.15, -0.1) is 0 Å². The molecule has 0 aliphatic rings. The van der Waals surface area contributed by atoms with Crippen LogP contribution in [-0.4, -0.2) is 17.3 Å². The zero-order valence-corrected chi connectivity index (χ0v) is 19.0. The number of aryl methyl sites for hydroxylation is 1. The van der Waals surface area contributed by atoms with Crippen molar-refractivity contribution in [2.75, 3.05) is 6.61 Å². The van der Waals surface area contributed by atoms with Crippen molar-refractivity contribution in [1.82, 2.24) is 4.40 Å². The van der Waals surface area contributed by atoms with E-state index in [1.807, 2.05) is 24.4 Å². The topological polar surface area (TPSA) is 30.7 Å². The monoisotopic (exact) mass is 391 g/mol. The standard InChI is InChI=1S/C26H33NO2/c1-9-29-24-21(12-18(25(3,4)5)13-22(24)26(6,7)8)20-14-19-11-10-17(2)15-27(19)23(20)16-28/h10-16H,9H2,1-8H3. The second-order valence-corrected chi connectivity index (χ2v) is 9.90. The number of benzene rings is 1. The van der Waals surface area contributed by atoms with Gasteiger partial charge in [0.1, 0.15) is 5.75 Å². The van der Waals surface area contributed by atoms with E-state index >= 15 is 0 Å². The number of carbonyl (C=O) groups is 1. The average molecular weight is 392 g/mol. The van der Waals surface area contributed by atoms with E-state index in [-0.39, 0.29) is 10.8 Å². The highest BCUT2D eigenvalue weighted by molar-refractivity contribution is 5.92. The Hall–Kier alpha value is -2.55. The molecule has 3 rings (SSSR count). The van der Waals surface area contributed by atoms with E-state index in [4.69, 9.17) is 4.74 Å². The normalized spacial score (nSPS) is 12.4. The number of carbonyl (C=O) groups excluding carboxylic acids is 1. The van der Waals surface area contributed by atoms with Crippen molar-refractivity contribution >= 4 is 11.8 Å². The molecule has 1 aromatic carbocycles. The molecule has 0 saturated carbocycles. The fraction of sp³-hybridized carbons (Fsp3) is 0.423. The second kappa shape index (κ2) is 7.37. The maximum Gasteiger partial charge on any atom is 0.167 e. The van der Waals surface area contributed by atoms with Gasteiger partial charge in [-0.25, -0.2) is 0 Å². The van der Waals surface area contributed by atoms with Crippen molar-refractivity contribution in [3.05, 3.63) is 58.9 Å². The lowest BCUT2D eigenvalue weighted by Gasteiger charge is -2.29. The molecule has 0 saturated heterocycles. The van der Waals surface area contributed by atoms with Crippen molar-refractivity contribution in [1.29, 1.82) is 0 Å². The molecule has 0 atom stereocenters. The first kappa shape index (κ1) is 21.2. The zero-order chi connectivity index (χ0) is 21.6. The number of hydrogen-bond acceptors (Lipinski definition) is 2. The molecule has 3 aromatic rings. The number of hydrogen-bond donors (Lipinski definition) is 0. The molecular weight excluding hydrogens is 358 g/mol. The Bertz CT molecular complexity index is 1060. The molecule has 3 nitrogen and oxygen atoms in total. The van der Waals surface area contributed by atoms with E-state index in [9.17, 15) is 4.79 Å². The quantitative estimate of drug-likeness (QED) is 0.462. The fourth-order valence-electron chi connectivity index (χ4n) is 3.75. The second-order valence-electron chi connectivity index (χ2n) is 9.90. The largest absolute Gasteiger partial charge is 0.493 e. The third-order valence-corrected chi connectivity index (χ3v) is 5.41. The van der Waals surface area contributed by atoms with Crippen LogP contribution in [0, 0.1) is 6.92 Å². The summed E-state index contributed by atoms with van der Waals surface area (Å²) in [6.07, 6.45) is 2.97. The van der Waals surface area contributed by atoms with E-state index in [0.717, 1.165) is 34.2 Å². The predicted molar refractivity (Wildman–Crippen MR) is 122 cm³/mol. The lowest BCUT2D eigenvalue weighted by atomic mass is 9.78. The summed E-state index contributed by atoms with van der Waals surface area (Å²) in [5.74, 6) is 0.878. The van der Waals surface area contributed by atoms with E-state index in [2.05, 4.69) is 71.9 Å². The van der Waals surface area contributed by atoms with Gasteiger partial charge < -0.3 is 9.14 Å². The minimum absolute atomic E-state index is 0.0173. The van der Waals surface area contributed by atoms with Crippen molar-refractivity contribution in [3.8, 4) is 16.9 Å². The average Bonchev–Trinajstić information content (AvgIpc) is 2.97. The van der Waals surface area contributed by atoms with Gasteiger partial charge in [0, 0.05) is 28.4 Å². The van der Waals surface area contributed by atoms with Gasteiger partial charge in [-0.3, -0.25) is 4.79 Å². The van der Waals surface area contributed by atoms with Crippen LogP contribution in [0.1, 0.15) is 75.6 Å². The van der Waals surface area contributed by atoms with Crippen LogP contribution in [0.3, 0.4) is 0 Å². The maximum atomic E-state index is 12.2. The van der Waals surface area contributed by atoms with Crippen molar-refractivity contribution in [3.63, 3.8) is 0 Å². The molecule has 0 N–H and O–H groups in total. The molecule has 2 heterocycles.